The van der Waals surface area contributed by atoms with Crippen LogP contribution in [0, 0.1) is 0 Å². The van der Waals surface area contributed by atoms with Gasteiger partial charge in [0.1, 0.15) is 5.75 Å². The normalized spacial score (nSPS) is 15.6. The van der Waals surface area contributed by atoms with E-state index in [1.165, 1.54) is 0 Å². The Morgan fingerprint density at radius 2 is 1.75 bits per heavy atom. The van der Waals surface area contributed by atoms with Crippen molar-refractivity contribution >= 4 is 24.0 Å². The Bertz CT molecular complexity index is 803. The van der Waals surface area contributed by atoms with Crippen molar-refractivity contribution in [2.45, 2.75) is 6.92 Å². The van der Waals surface area contributed by atoms with E-state index in [0.717, 1.165) is 16.9 Å². The number of carbonyl (C=O) groups excluding carboxylic acids is 1. The Morgan fingerprint density at radius 3 is 2.46 bits per heavy atom. The summed E-state index contributed by atoms with van der Waals surface area (Å²) in [6.07, 6.45) is 5.24. The lowest BCUT2D eigenvalue weighted by atomic mass is 10.2. The van der Waals surface area contributed by atoms with Crippen LogP contribution in [0.4, 0.5) is 0 Å². The lowest BCUT2D eigenvalue weighted by Crippen LogP contribution is -2.01. The Kier molecular flexibility index (Phi) is 4.87. The highest BCUT2D eigenvalue weighted by molar-refractivity contribution is 6.11. The van der Waals surface area contributed by atoms with Gasteiger partial charge in [0, 0.05) is 6.08 Å². The van der Waals surface area contributed by atoms with Gasteiger partial charge in [-0.2, -0.15) is 0 Å². The van der Waals surface area contributed by atoms with Gasteiger partial charge >= 0.3 is 5.97 Å². The summed E-state index contributed by atoms with van der Waals surface area (Å²) in [7, 11) is 0. The SMILES string of the molecule is CCOc1ccc(/C=C2N=C(/C=C\c3ccccc3)OC/2=O)cc1. The smallest absolute Gasteiger partial charge is 0.363 e. The fourth-order valence-electron chi connectivity index (χ4n) is 2.21. The molecular weight excluding hydrogens is 302 g/mol. The number of aliphatic imine (C=N–C) groups is 1. The van der Waals surface area contributed by atoms with Crippen molar-refractivity contribution in [3.8, 4) is 5.75 Å². The Morgan fingerprint density at radius 1 is 1.00 bits per heavy atom. The second-order valence-electron chi connectivity index (χ2n) is 5.12. The molecule has 0 saturated carbocycles. The van der Waals surface area contributed by atoms with Crippen LogP contribution in [0.5, 0.6) is 5.75 Å². The molecule has 0 unspecified atom stereocenters. The number of cyclic esters (lactones) is 1. The largest absolute Gasteiger partial charge is 0.494 e. The van der Waals surface area contributed by atoms with Gasteiger partial charge < -0.3 is 9.47 Å². The van der Waals surface area contributed by atoms with Crippen molar-refractivity contribution in [1.29, 1.82) is 0 Å². The van der Waals surface area contributed by atoms with Crippen LogP contribution in [0.25, 0.3) is 12.2 Å². The molecule has 2 aromatic carbocycles. The van der Waals surface area contributed by atoms with Crippen LogP contribution in [0.1, 0.15) is 18.1 Å². The zero-order chi connectivity index (χ0) is 16.8. The van der Waals surface area contributed by atoms with E-state index in [0.29, 0.717) is 12.5 Å². The van der Waals surface area contributed by atoms with Gasteiger partial charge in [-0.25, -0.2) is 9.79 Å². The highest BCUT2D eigenvalue weighted by Crippen LogP contribution is 2.19. The van der Waals surface area contributed by atoms with Crippen molar-refractivity contribution in [1.82, 2.24) is 0 Å². The molecule has 0 saturated heterocycles. The first-order chi connectivity index (χ1) is 11.7. The van der Waals surface area contributed by atoms with Gasteiger partial charge in [0.25, 0.3) is 0 Å². The van der Waals surface area contributed by atoms with E-state index in [-0.39, 0.29) is 5.70 Å². The molecule has 24 heavy (non-hydrogen) atoms. The van der Waals surface area contributed by atoms with E-state index in [2.05, 4.69) is 4.99 Å². The number of esters is 1. The van der Waals surface area contributed by atoms with Gasteiger partial charge in [0.2, 0.25) is 5.90 Å². The monoisotopic (exact) mass is 319 g/mol. The molecule has 0 fully saturated rings. The van der Waals surface area contributed by atoms with Crippen molar-refractivity contribution < 1.29 is 14.3 Å². The fourth-order valence-corrected chi connectivity index (χ4v) is 2.21. The molecule has 0 N–H and O–H groups in total. The third-order valence-electron chi connectivity index (χ3n) is 3.35. The van der Waals surface area contributed by atoms with Crippen molar-refractivity contribution in [2.75, 3.05) is 6.61 Å². The molecule has 0 aromatic heterocycles. The minimum absolute atomic E-state index is 0.284. The second kappa shape index (κ2) is 7.42. The highest BCUT2D eigenvalue weighted by Gasteiger charge is 2.20. The summed E-state index contributed by atoms with van der Waals surface area (Å²) >= 11 is 0. The van der Waals surface area contributed by atoms with Crippen LogP contribution in [0.2, 0.25) is 0 Å². The van der Waals surface area contributed by atoms with Crippen LogP contribution in [-0.2, 0) is 9.53 Å². The fraction of sp³-hybridized carbons (Fsp3) is 0.100. The molecule has 120 valence electrons. The molecule has 1 heterocycles. The summed E-state index contributed by atoms with van der Waals surface area (Å²) in [5, 5.41) is 0. The number of benzene rings is 2. The Labute approximate surface area is 140 Å². The van der Waals surface area contributed by atoms with Gasteiger partial charge in [-0.3, -0.25) is 0 Å². The first-order valence-corrected chi connectivity index (χ1v) is 7.73. The average Bonchev–Trinajstić information content (AvgIpc) is 2.96. The van der Waals surface area contributed by atoms with Crippen LogP contribution in [-0.4, -0.2) is 18.5 Å². The summed E-state index contributed by atoms with van der Waals surface area (Å²) in [5.74, 6) is 0.640. The molecule has 0 spiro atoms. The molecule has 1 aliphatic heterocycles. The van der Waals surface area contributed by atoms with Gasteiger partial charge in [-0.1, -0.05) is 42.5 Å². The third-order valence-corrected chi connectivity index (χ3v) is 3.35. The zero-order valence-electron chi connectivity index (χ0n) is 13.3. The van der Waals surface area contributed by atoms with Gasteiger partial charge in [0.05, 0.1) is 6.61 Å². The molecule has 0 radical (unpaired) electrons. The molecule has 3 rings (SSSR count). The maximum absolute atomic E-state index is 11.9. The molecule has 1 aliphatic rings. The Hall–Kier alpha value is -3.14. The van der Waals surface area contributed by atoms with Crippen LogP contribution in [0.15, 0.2) is 71.4 Å². The van der Waals surface area contributed by atoms with Crippen LogP contribution >= 0.6 is 0 Å². The molecule has 0 bridgehead atoms. The highest BCUT2D eigenvalue weighted by atomic mass is 16.6. The van der Waals surface area contributed by atoms with Crippen LogP contribution in [0.3, 0.4) is 0 Å². The standard InChI is InChI=1S/C20H17NO3/c1-2-23-17-11-8-16(9-12-17)14-18-20(22)24-19(21-18)13-10-15-6-4-3-5-7-15/h3-14H,2H2,1H3/b13-10-,18-14+. The first-order valence-electron chi connectivity index (χ1n) is 7.73. The molecule has 2 aromatic rings. The second-order valence-corrected chi connectivity index (χ2v) is 5.12. The molecule has 4 nitrogen and oxygen atoms in total. The Balaban J connectivity index is 1.74. The number of rotatable bonds is 5. The van der Waals surface area contributed by atoms with E-state index in [1.807, 2.05) is 67.6 Å². The number of hydrogen-bond acceptors (Lipinski definition) is 4. The van der Waals surface area contributed by atoms with E-state index < -0.39 is 5.97 Å². The minimum atomic E-state index is -0.448. The summed E-state index contributed by atoms with van der Waals surface area (Å²) < 4.78 is 10.6. The van der Waals surface area contributed by atoms with Crippen LogP contribution < -0.4 is 4.74 Å². The summed E-state index contributed by atoms with van der Waals surface area (Å²) in [6.45, 7) is 2.55. The predicted molar refractivity (Wildman–Crippen MR) is 94.6 cm³/mol. The molecule has 4 heteroatoms. The van der Waals surface area contributed by atoms with E-state index in [1.54, 1.807) is 12.2 Å². The van der Waals surface area contributed by atoms with Gasteiger partial charge in [-0.05, 0) is 42.3 Å². The first kappa shape index (κ1) is 15.7. The van der Waals surface area contributed by atoms with E-state index >= 15 is 0 Å². The number of carbonyl (C=O) groups is 1. The number of ether oxygens (including phenoxy) is 2. The van der Waals surface area contributed by atoms with E-state index in [4.69, 9.17) is 9.47 Å². The number of nitrogens with zero attached hydrogens (tertiary/aromatic N) is 1. The molecular formula is C20H17NO3. The summed E-state index contributed by atoms with van der Waals surface area (Å²) in [6, 6.07) is 17.2. The average molecular weight is 319 g/mol. The maximum atomic E-state index is 11.9. The minimum Gasteiger partial charge on any atom is -0.494 e. The lowest BCUT2D eigenvalue weighted by molar-refractivity contribution is -0.129. The van der Waals surface area contributed by atoms with E-state index in [9.17, 15) is 4.79 Å². The lowest BCUT2D eigenvalue weighted by Gasteiger charge is -2.02. The van der Waals surface area contributed by atoms with Gasteiger partial charge in [-0.15, -0.1) is 0 Å². The predicted octanol–water partition coefficient (Wildman–Crippen LogP) is 4.09. The third kappa shape index (κ3) is 3.98. The summed E-state index contributed by atoms with van der Waals surface area (Å²) in [5.41, 5.74) is 2.16. The number of hydrogen-bond donors (Lipinski definition) is 0. The topological polar surface area (TPSA) is 47.9 Å². The van der Waals surface area contributed by atoms with Crippen molar-refractivity contribution in [3.63, 3.8) is 0 Å². The molecule has 0 atom stereocenters. The maximum Gasteiger partial charge on any atom is 0.363 e. The summed E-state index contributed by atoms with van der Waals surface area (Å²) in [4.78, 5) is 16.1. The van der Waals surface area contributed by atoms with Crippen molar-refractivity contribution in [2.24, 2.45) is 4.99 Å². The molecule has 0 amide bonds. The van der Waals surface area contributed by atoms with Crippen molar-refractivity contribution in [3.05, 3.63) is 77.5 Å². The quantitative estimate of drug-likeness (QED) is 0.616. The zero-order valence-corrected chi connectivity index (χ0v) is 13.3. The van der Waals surface area contributed by atoms with Gasteiger partial charge in [0.15, 0.2) is 5.70 Å². The molecule has 0 aliphatic carbocycles.